The maximum atomic E-state index is 12.1. The van der Waals surface area contributed by atoms with Crippen molar-refractivity contribution in [1.82, 2.24) is 4.98 Å². The fourth-order valence-corrected chi connectivity index (χ4v) is 2.79. The van der Waals surface area contributed by atoms with Gasteiger partial charge in [-0.05, 0) is 30.4 Å². The summed E-state index contributed by atoms with van der Waals surface area (Å²) in [4.78, 5) is 16.3. The van der Waals surface area contributed by atoms with Crippen molar-refractivity contribution in [3.05, 3.63) is 29.9 Å². The first-order chi connectivity index (χ1) is 13.5. The van der Waals surface area contributed by atoms with Crippen molar-refractivity contribution >= 4 is 5.97 Å². The Labute approximate surface area is 167 Å². The lowest BCUT2D eigenvalue weighted by Crippen LogP contribution is -2.06. The number of oxazole rings is 1. The third-order valence-electron chi connectivity index (χ3n) is 4.44. The lowest BCUT2D eigenvalue weighted by Gasteiger charge is -2.19. The van der Waals surface area contributed by atoms with E-state index < -0.39 is 5.97 Å². The van der Waals surface area contributed by atoms with Crippen LogP contribution in [0.1, 0.15) is 75.4 Å². The van der Waals surface area contributed by atoms with E-state index in [4.69, 9.17) is 18.6 Å². The third-order valence-corrected chi connectivity index (χ3v) is 4.44. The molecule has 0 N–H and O–H groups in total. The number of ether oxygens (including phenoxy) is 3. The van der Waals surface area contributed by atoms with Gasteiger partial charge in [0.25, 0.3) is 0 Å². The highest BCUT2D eigenvalue weighted by Gasteiger charge is 2.24. The van der Waals surface area contributed by atoms with Gasteiger partial charge in [-0.25, -0.2) is 9.78 Å². The van der Waals surface area contributed by atoms with Crippen molar-refractivity contribution in [1.29, 1.82) is 0 Å². The lowest BCUT2D eigenvalue weighted by molar-refractivity contribution is 0.0566. The highest BCUT2D eigenvalue weighted by Crippen LogP contribution is 2.40. The molecule has 0 aliphatic rings. The van der Waals surface area contributed by atoms with Gasteiger partial charge in [-0.15, -0.1) is 0 Å². The molecule has 2 aromatic rings. The molecule has 0 radical (unpaired) electrons. The van der Waals surface area contributed by atoms with Crippen LogP contribution in [0.15, 0.2) is 22.9 Å². The molecule has 0 bridgehead atoms. The van der Waals surface area contributed by atoms with Gasteiger partial charge in [-0.2, -0.15) is 0 Å². The second kappa shape index (κ2) is 10.7. The number of carbonyl (C=O) groups is 1. The lowest BCUT2D eigenvalue weighted by atomic mass is 9.97. The van der Waals surface area contributed by atoms with Crippen LogP contribution in [0.3, 0.4) is 0 Å². The van der Waals surface area contributed by atoms with E-state index in [0.717, 1.165) is 37.0 Å². The van der Waals surface area contributed by atoms with Crippen LogP contribution in [0.5, 0.6) is 11.5 Å². The molecule has 0 saturated carbocycles. The number of hydrogen-bond donors (Lipinski definition) is 0. The molecule has 2 rings (SSSR count). The van der Waals surface area contributed by atoms with Crippen molar-refractivity contribution < 1.29 is 23.4 Å². The summed E-state index contributed by atoms with van der Waals surface area (Å²) in [5.74, 6) is 1.16. The van der Waals surface area contributed by atoms with E-state index in [-0.39, 0.29) is 11.7 Å². The third kappa shape index (κ3) is 5.27. The van der Waals surface area contributed by atoms with Crippen LogP contribution in [0.25, 0.3) is 11.3 Å². The van der Waals surface area contributed by atoms with Crippen molar-refractivity contribution in [2.45, 2.75) is 59.3 Å². The van der Waals surface area contributed by atoms with Crippen molar-refractivity contribution in [3.8, 4) is 22.8 Å². The Morgan fingerprint density at radius 3 is 2.29 bits per heavy atom. The molecule has 0 spiro atoms. The summed E-state index contributed by atoms with van der Waals surface area (Å²) in [7, 11) is 1.32. The zero-order chi connectivity index (χ0) is 20.5. The van der Waals surface area contributed by atoms with Gasteiger partial charge in [0.15, 0.2) is 6.39 Å². The largest absolute Gasteiger partial charge is 0.493 e. The molecule has 1 heterocycles. The first-order valence-electron chi connectivity index (χ1n) is 9.99. The van der Waals surface area contributed by atoms with Crippen LogP contribution in [0.4, 0.5) is 0 Å². The van der Waals surface area contributed by atoms with Gasteiger partial charge < -0.3 is 18.6 Å². The molecule has 28 heavy (non-hydrogen) atoms. The van der Waals surface area contributed by atoms with Crippen molar-refractivity contribution in [3.63, 3.8) is 0 Å². The monoisotopic (exact) mass is 389 g/mol. The Hall–Kier alpha value is -2.50. The maximum Gasteiger partial charge on any atom is 0.376 e. The van der Waals surface area contributed by atoms with E-state index in [1.807, 2.05) is 12.1 Å². The summed E-state index contributed by atoms with van der Waals surface area (Å²) in [6, 6.07) is 3.89. The fraction of sp³-hybridized carbons (Fsp3) is 0.545. The van der Waals surface area contributed by atoms with E-state index in [2.05, 4.69) is 32.7 Å². The van der Waals surface area contributed by atoms with Crippen LogP contribution in [-0.2, 0) is 4.74 Å². The van der Waals surface area contributed by atoms with Gasteiger partial charge in [0.05, 0.1) is 20.3 Å². The molecule has 0 amide bonds. The van der Waals surface area contributed by atoms with Crippen molar-refractivity contribution in [2.24, 2.45) is 0 Å². The molecular weight excluding hydrogens is 358 g/mol. The van der Waals surface area contributed by atoms with Gasteiger partial charge in [-0.1, -0.05) is 40.5 Å². The normalized spacial score (nSPS) is 10.9. The van der Waals surface area contributed by atoms with Gasteiger partial charge >= 0.3 is 5.97 Å². The minimum atomic E-state index is -0.568. The zero-order valence-electron chi connectivity index (χ0n) is 17.5. The predicted octanol–water partition coefficient (Wildman–Crippen LogP) is 5.61. The minimum absolute atomic E-state index is 0.0669. The number of hydrogen-bond acceptors (Lipinski definition) is 6. The second-order valence-corrected chi connectivity index (χ2v) is 6.97. The average molecular weight is 389 g/mol. The van der Waals surface area contributed by atoms with E-state index in [1.54, 1.807) is 0 Å². The molecule has 6 heteroatoms. The van der Waals surface area contributed by atoms with Crippen molar-refractivity contribution in [2.75, 3.05) is 20.3 Å². The van der Waals surface area contributed by atoms with Gasteiger partial charge in [0.2, 0.25) is 5.76 Å². The molecule has 154 valence electrons. The molecular formula is C22H31NO5. The number of unbranched alkanes of at least 4 members (excludes halogenated alkanes) is 2. The smallest absolute Gasteiger partial charge is 0.376 e. The van der Waals surface area contributed by atoms with Gasteiger partial charge in [0, 0.05) is 11.6 Å². The van der Waals surface area contributed by atoms with Crippen LogP contribution in [0.2, 0.25) is 0 Å². The number of methoxy groups -OCH3 is 1. The minimum Gasteiger partial charge on any atom is -0.493 e. The van der Waals surface area contributed by atoms with Gasteiger partial charge in [0.1, 0.15) is 17.2 Å². The number of rotatable bonds is 11. The number of carbonyl (C=O) groups excluding carboxylic acids is 1. The van der Waals surface area contributed by atoms with Crippen LogP contribution >= 0.6 is 0 Å². The number of benzene rings is 1. The Morgan fingerprint density at radius 2 is 1.71 bits per heavy atom. The molecule has 1 aromatic heterocycles. The number of aromatic nitrogens is 1. The summed E-state index contributed by atoms with van der Waals surface area (Å²) in [5, 5.41) is 0. The SMILES string of the molecule is CCCCOc1cc(OCCCC)c(C(C)C)cc1-c1ncoc1C(=O)OC. The average Bonchev–Trinajstić information content (AvgIpc) is 3.17. The summed E-state index contributed by atoms with van der Waals surface area (Å²) in [5.41, 5.74) is 2.16. The molecule has 0 saturated heterocycles. The first-order valence-corrected chi connectivity index (χ1v) is 9.99. The molecule has 1 aromatic carbocycles. The Bertz CT molecular complexity index is 766. The highest BCUT2D eigenvalue weighted by atomic mass is 16.5. The van der Waals surface area contributed by atoms with Crippen LogP contribution < -0.4 is 9.47 Å². The Kier molecular flexibility index (Phi) is 8.36. The molecule has 0 aliphatic heterocycles. The highest BCUT2D eigenvalue weighted by molar-refractivity contribution is 5.94. The molecule has 0 atom stereocenters. The molecule has 6 nitrogen and oxygen atoms in total. The first kappa shape index (κ1) is 21.8. The van der Waals surface area contributed by atoms with E-state index in [0.29, 0.717) is 30.2 Å². The van der Waals surface area contributed by atoms with Gasteiger partial charge in [-0.3, -0.25) is 0 Å². The Balaban J connectivity index is 2.53. The summed E-state index contributed by atoms with van der Waals surface area (Å²) >= 11 is 0. The summed E-state index contributed by atoms with van der Waals surface area (Å²) < 4.78 is 22.2. The molecule has 0 fully saturated rings. The summed E-state index contributed by atoms with van der Waals surface area (Å²) in [6.45, 7) is 9.68. The summed E-state index contributed by atoms with van der Waals surface area (Å²) in [6.07, 6.45) is 5.26. The fourth-order valence-electron chi connectivity index (χ4n) is 2.79. The van der Waals surface area contributed by atoms with E-state index >= 15 is 0 Å². The topological polar surface area (TPSA) is 70.8 Å². The predicted molar refractivity (Wildman–Crippen MR) is 108 cm³/mol. The number of nitrogens with zero attached hydrogens (tertiary/aromatic N) is 1. The molecule has 0 aliphatic carbocycles. The maximum absolute atomic E-state index is 12.1. The van der Waals surface area contributed by atoms with E-state index in [9.17, 15) is 4.79 Å². The standard InChI is InChI=1S/C22H31NO5/c1-6-8-10-26-18-13-19(27-11-9-7-2)17(12-16(18)15(3)4)20-21(22(24)25-5)28-14-23-20/h12-15H,6-11H2,1-5H3. The zero-order valence-corrected chi connectivity index (χ0v) is 17.5. The second-order valence-electron chi connectivity index (χ2n) is 6.97. The van der Waals surface area contributed by atoms with Crippen LogP contribution in [0, 0.1) is 0 Å². The quantitative estimate of drug-likeness (QED) is 0.367. The van der Waals surface area contributed by atoms with E-state index in [1.165, 1.54) is 13.5 Å². The number of esters is 1. The Morgan fingerprint density at radius 1 is 1.07 bits per heavy atom. The van der Waals surface area contributed by atoms with Crippen LogP contribution in [-0.4, -0.2) is 31.3 Å². The molecule has 0 unspecified atom stereocenters.